The SMILES string of the molecule is O=C(CCSc1ccccc1F)Nc1ccc(-c2ncn[nH]2)cc1. The largest absolute Gasteiger partial charge is 0.326 e. The van der Waals surface area contributed by atoms with Crippen LogP contribution < -0.4 is 5.32 Å². The maximum absolute atomic E-state index is 13.5. The lowest BCUT2D eigenvalue weighted by Gasteiger charge is -2.06. The van der Waals surface area contributed by atoms with Gasteiger partial charge in [-0.15, -0.1) is 11.8 Å². The number of benzene rings is 2. The Balaban J connectivity index is 1.49. The quantitative estimate of drug-likeness (QED) is 0.670. The maximum Gasteiger partial charge on any atom is 0.225 e. The van der Waals surface area contributed by atoms with E-state index in [1.807, 2.05) is 12.1 Å². The van der Waals surface area contributed by atoms with E-state index in [1.54, 1.807) is 30.3 Å². The number of thioether (sulfide) groups is 1. The van der Waals surface area contributed by atoms with Crippen LogP contribution in [0.5, 0.6) is 0 Å². The minimum Gasteiger partial charge on any atom is -0.326 e. The summed E-state index contributed by atoms with van der Waals surface area (Å²) < 4.78 is 13.5. The van der Waals surface area contributed by atoms with Gasteiger partial charge in [-0.3, -0.25) is 9.89 Å². The zero-order chi connectivity index (χ0) is 16.8. The summed E-state index contributed by atoms with van der Waals surface area (Å²) in [5, 5.41) is 9.40. The first-order valence-electron chi connectivity index (χ1n) is 7.35. The summed E-state index contributed by atoms with van der Waals surface area (Å²) in [7, 11) is 0. The third kappa shape index (κ3) is 4.20. The number of aromatic amines is 1. The number of H-pyrrole nitrogens is 1. The number of aromatic nitrogens is 3. The van der Waals surface area contributed by atoms with Crippen LogP contribution in [0.3, 0.4) is 0 Å². The van der Waals surface area contributed by atoms with E-state index in [2.05, 4.69) is 20.5 Å². The Hall–Kier alpha value is -2.67. The van der Waals surface area contributed by atoms with Gasteiger partial charge in [0.1, 0.15) is 12.1 Å². The first-order chi connectivity index (χ1) is 11.7. The molecule has 2 aromatic carbocycles. The lowest BCUT2D eigenvalue weighted by atomic mass is 10.2. The Morgan fingerprint density at radius 1 is 1.17 bits per heavy atom. The predicted molar refractivity (Wildman–Crippen MR) is 92.2 cm³/mol. The molecule has 2 N–H and O–H groups in total. The van der Waals surface area contributed by atoms with E-state index in [4.69, 9.17) is 0 Å². The Morgan fingerprint density at radius 2 is 1.96 bits per heavy atom. The van der Waals surface area contributed by atoms with Crippen molar-refractivity contribution in [1.82, 2.24) is 15.2 Å². The molecule has 0 saturated heterocycles. The fraction of sp³-hybridized carbons (Fsp3) is 0.118. The van der Waals surface area contributed by atoms with Gasteiger partial charge >= 0.3 is 0 Å². The summed E-state index contributed by atoms with van der Waals surface area (Å²) in [6, 6.07) is 13.9. The van der Waals surface area contributed by atoms with Crippen LogP contribution in [-0.2, 0) is 4.79 Å². The van der Waals surface area contributed by atoms with Crippen LogP contribution in [0.4, 0.5) is 10.1 Å². The van der Waals surface area contributed by atoms with Crippen molar-refractivity contribution in [1.29, 1.82) is 0 Å². The molecule has 3 rings (SSSR count). The lowest BCUT2D eigenvalue weighted by Crippen LogP contribution is -2.12. The fourth-order valence-corrected chi connectivity index (χ4v) is 2.98. The molecule has 5 nitrogen and oxygen atoms in total. The molecule has 0 aliphatic rings. The molecule has 0 fully saturated rings. The number of hydrogen-bond acceptors (Lipinski definition) is 4. The highest BCUT2D eigenvalue weighted by atomic mass is 32.2. The van der Waals surface area contributed by atoms with Gasteiger partial charge in [-0.05, 0) is 36.4 Å². The normalized spacial score (nSPS) is 10.5. The molecule has 7 heteroatoms. The van der Waals surface area contributed by atoms with Gasteiger partial charge in [0.05, 0.1) is 0 Å². The van der Waals surface area contributed by atoms with Gasteiger partial charge in [0.25, 0.3) is 0 Å². The first kappa shape index (κ1) is 16.2. The Labute approximate surface area is 142 Å². The molecule has 24 heavy (non-hydrogen) atoms. The number of amides is 1. The van der Waals surface area contributed by atoms with Crippen LogP contribution in [0.25, 0.3) is 11.4 Å². The molecular weight excluding hydrogens is 327 g/mol. The van der Waals surface area contributed by atoms with Gasteiger partial charge in [0, 0.05) is 28.3 Å². The topological polar surface area (TPSA) is 70.7 Å². The highest BCUT2D eigenvalue weighted by Crippen LogP contribution is 2.22. The molecule has 0 aliphatic carbocycles. The van der Waals surface area contributed by atoms with Crippen LogP contribution in [0.15, 0.2) is 59.8 Å². The lowest BCUT2D eigenvalue weighted by molar-refractivity contribution is -0.115. The highest BCUT2D eigenvalue weighted by Gasteiger charge is 2.06. The average Bonchev–Trinajstić information content (AvgIpc) is 3.12. The smallest absolute Gasteiger partial charge is 0.225 e. The highest BCUT2D eigenvalue weighted by molar-refractivity contribution is 7.99. The molecule has 0 bridgehead atoms. The Bertz CT molecular complexity index is 806. The molecule has 0 atom stereocenters. The minimum atomic E-state index is -0.258. The molecule has 1 amide bonds. The molecule has 3 aromatic rings. The Kier molecular flexibility index (Phi) is 5.22. The summed E-state index contributed by atoms with van der Waals surface area (Å²) in [6.07, 6.45) is 1.75. The summed E-state index contributed by atoms with van der Waals surface area (Å²) >= 11 is 1.33. The van der Waals surface area contributed by atoms with E-state index in [1.165, 1.54) is 24.2 Å². The second-order valence-electron chi connectivity index (χ2n) is 4.99. The van der Waals surface area contributed by atoms with Gasteiger partial charge in [0.15, 0.2) is 5.82 Å². The number of halogens is 1. The standard InChI is InChI=1S/C17H15FN4OS/c18-14-3-1-2-4-15(14)24-10-9-16(23)21-13-7-5-12(6-8-13)17-19-11-20-22-17/h1-8,11H,9-10H2,(H,21,23)(H,19,20,22). The number of carbonyl (C=O) groups is 1. The molecule has 1 aromatic heterocycles. The average molecular weight is 342 g/mol. The van der Waals surface area contributed by atoms with Crippen molar-refractivity contribution in [3.05, 3.63) is 60.7 Å². The van der Waals surface area contributed by atoms with E-state index in [9.17, 15) is 9.18 Å². The zero-order valence-corrected chi connectivity index (χ0v) is 13.5. The predicted octanol–water partition coefficient (Wildman–Crippen LogP) is 3.73. The molecule has 0 unspecified atom stereocenters. The zero-order valence-electron chi connectivity index (χ0n) is 12.7. The third-order valence-electron chi connectivity index (χ3n) is 3.28. The fourth-order valence-electron chi connectivity index (χ4n) is 2.09. The second-order valence-corrected chi connectivity index (χ2v) is 6.13. The monoisotopic (exact) mass is 342 g/mol. The second kappa shape index (κ2) is 7.74. The van der Waals surface area contributed by atoms with Crippen molar-refractivity contribution in [2.45, 2.75) is 11.3 Å². The van der Waals surface area contributed by atoms with Crippen LogP contribution in [0.2, 0.25) is 0 Å². The summed E-state index contributed by atoms with van der Waals surface area (Å²) in [6.45, 7) is 0. The van der Waals surface area contributed by atoms with Crippen LogP contribution in [0, 0.1) is 5.82 Å². The van der Waals surface area contributed by atoms with E-state index >= 15 is 0 Å². The number of hydrogen-bond donors (Lipinski definition) is 2. The van der Waals surface area contributed by atoms with Gasteiger partial charge in [-0.1, -0.05) is 12.1 Å². The molecule has 0 radical (unpaired) electrons. The maximum atomic E-state index is 13.5. The number of nitrogens with one attached hydrogen (secondary N) is 2. The van der Waals surface area contributed by atoms with Crippen LogP contribution >= 0.6 is 11.8 Å². The molecule has 122 valence electrons. The van der Waals surface area contributed by atoms with Crippen molar-refractivity contribution in [3.8, 4) is 11.4 Å². The number of carbonyl (C=O) groups excluding carboxylic acids is 1. The molecular formula is C17H15FN4OS. The van der Waals surface area contributed by atoms with E-state index in [-0.39, 0.29) is 11.7 Å². The summed E-state index contributed by atoms with van der Waals surface area (Å²) in [5.41, 5.74) is 1.60. The third-order valence-corrected chi connectivity index (χ3v) is 4.33. The van der Waals surface area contributed by atoms with Crippen molar-refractivity contribution in [2.75, 3.05) is 11.1 Å². The summed E-state index contributed by atoms with van der Waals surface area (Å²) in [4.78, 5) is 16.6. The molecule has 1 heterocycles. The minimum absolute atomic E-state index is 0.105. The van der Waals surface area contributed by atoms with Gasteiger partial charge in [0.2, 0.25) is 5.91 Å². The van der Waals surface area contributed by atoms with Gasteiger partial charge in [-0.25, -0.2) is 9.37 Å². The van der Waals surface area contributed by atoms with Crippen molar-refractivity contribution < 1.29 is 9.18 Å². The van der Waals surface area contributed by atoms with Crippen molar-refractivity contribution in [2.24, 2.45) is 0 Å². The van der Waals surface area contributed by atoms with Gasteiger partial charge in [-0.2, -0.15) is 5.10 Å². The molecule has 0 saturated carbocycles. The van der Waals surface area contributed by atoms with Gasteiger partial charge < -0.3 is 5.32 Å². The van der Waals surface area contributed by atoms with E-state index in [0.717, 1.165) is 5.56 Å². The van der Waals surface area contributed by atoms with Crippen LogP contribution in [-0.4, -0.2) is 26.8 Å². The van der Waals surface area contributed by atoms with E-state index < -0.39 is 0 Å². The Morgan fingerprint density at radius 3 is 2.67 bits per heavy atom. The number of rotatable bonds is 6. The van der Waals surface area contributed by atoms with E-state index in [0.29, 0.717) is 28.6 Å². The summed E-state index contributed by atoms with van der Waals surface area (Å²) in [5.74, 6) is 0.828. The van der Waals surface area contributed by atoms with Crippen molar-refractivity contribution >= 4 is 23.4 Å². The molecule has 0 aliphatic heterocycles. The number of anilines is 1. The van der Waals surface area contributed by atoms with Crippen molar-refractivity contribution in [3.63, 3.8) is 0 Å². The first-order valence-corrected chi connectivity index (χ1v) is 8.34. The van der Waals surface area contributed by atoms with Crippen LogP contribution in [0.1, 0.15) is 6.42 Å². The number of nitrogens with zero attached hydrogens (tertiary/aromatic N) is 2. The molecule has 0 spiro atoms.